The van der Waals surface area contributed by atoms with Crippen LogP contribution in [0.4, 0.5) is 5.13 Å². The highest BCUT2D eigenvalue weighted by atomic mass is 35.5. The van der Waals surface area contributed by atoms with Crippen LogP contribution in [0.5, 0.6) is 0 Å². The van der Waals surface area contributed by atoms with E-state index in [-0.39, 0.29) is 17.7 Å². The van der Waals surface area contributed by atoms with E-state index in [0.29, 0.717) is 5.13 Å². The molecule has 1 aliphatic rings. The number of nitrogens with one attached hydrogen (secondary N) is 1. The van der Waals surface area contributed by atoms with E-state index in [2.05, 4.69) is 15.3 Å². The van der Waals surface area contributed by atoms with Gasteiger partial charge in [-0.2, -0.15) is 0 Å². The maximum Gasteiger partial charge on any atom is 0.229 e. The molecule has 0 saturated heterocycles. The molecule has 0 bridgehead atoms. The van der Waals surface area contributed by atoms with Gasteiger partial charge in [0.05, 0.1) is 5.69 Å². The summed E-state index contributed by atoms with van der Waals surface area (Å²) in [4.78, 5) is 21.1. The maximum atomic E-state index is 12.4. The van der Waals surface area contributed by atoms with Crippen LogP contribution in [0.2, 0.25) is 5.02 Å². The molecular weight excluding hydrogens is 342 g/mol. The second kappa shape index (κ2) is 6.34. The van der Waals surface area contributed by atoms with Gasteiger partial charge in [-0.3, -0.25) is 9.78 Å². The molecule has 4 rings (SSSR count). The lowest BCUT2D eigenvalue weighted by atomic mass is 10.1. The van der Waals surface area contributed by atoms with Crippen molar-refractivity contribution in [3.63, 3.8) is 0 Å². The minimum absolute atomic E-state index is 0.00170. The van der Waals surface area contributed by atoms with Gasteiger partial charge in [-0.05, 0) is 36.1 Å². The van der Waals surface area contributed by atoms with Crippen LogP contribution in [-0.4, -0.2) is 15.9 Å². The molecule has 1 amide bonds. The standard InChI is InChI=1S/C18H14ClN3OS/c19-14-6-2-1-5-11(14)12-9-13(12)17(23)22-18-21-16(10-24-18)15-7-3-4-8-20-15/h1-8,10,12-13H,9H2,(H,21,22,23). The smallest absolute Gasteiger partial charge is 0.229 e. The van der Waals surface area contributed by atoms with Gasteiger partial charge in [-0.15, -0.1) is 11.3 Å². The molecule has 2 unspecified atom stereocenters. The van der Waals surface area contributed by atoms with Crippen molar-refractivity contribution in [3.8, 4) is 11.4 Å². The number of carbonyl (C=O) groups is 1. The Kier molecular flexibility index (Phi) is 4.04. The van der Waals surface area contributed by atoms with Crippen LogP contribution in [0.15, 0.2) is 54.0 Å². The summed E-state index contributed by atoms with van der Waals surface area (Å²) in [5.74, 6) is 0.169. The van der Waals surface area contributed by atoms with E-state index in [9.17, 15) is 4.79 Å². The fourth-order valence-corrected chi connectivity index (χ4v) is 3.75. The van der Waals surface area contributed by atoms with Crippen molar-refractivity contribution in [1.82, 2.24) is 9.97 Å². The highest BCUT2D eigenvalue weighted by Crippen LogP contribution is 2.50. The number of hydrogen-bond donors (Lipinski definition) is 1. The molecule has 2 atom stereocenters. The molecule has 24 heavy (non-hydrogen) atoms. The molecule has 0 radical (unpaired) electrons. The van der Waals surface area contributed by atoms with Crippen LogP contribution >= 0.6 is 22.9 Å². The number of carbonyl (C=O) groups excluding carboxylic acids is 1. The SMILES string of the molecule is O=C(Nc1nc(-c2ccccn2)cs1)C1CC1c1ccccc1Cl. The number of amides is 1. The number of pyridine rings is 1. The van der Waals surface area contributed by atoms with Crippen LogP contribution in [0.3, 0.4) is 0 Å². The van der Waals surface area contributed by atoms with Crippen molar-refractivity contribution in [1.29, 1.82) is 0 Å². The third-order valence-corrected chi connectivity index (χ3v) is 5.20. The van der Waals surface area contributed by atoms with E-state index in [0.717, 1.165) is 28.4 Å². The number of nitrogens with zero attached hydrogens (tertiary/aromatic N) is 2. The fraction of sp³-hybridized carbons (Fsp3) is 0.167. The van der Waals surface area contributed by atoms with E-state index in [1.807, 2.05) is 47.8 Å². The Morgan fingerprint density at radius 3 is 2.79 bits per heavy atom. The number of benzene rings is 1. The summed E-state index contributed by atoms with van der Waals surface area (Å²) in [6.45, 7) is 0. The molecule has 1 fully saturated rings. The van der Waals surface area contributed by atoms with Crippen LogP contribution in [0.1, 0.15) is 17.9 Å². The Hall–Kier alpha value is -2.24. The van der Waals surface area contributed by atoms with Gasteiger partial charge >= 0.3 is 0 Å². The number of hydrogen-bond acceptors (Lipinski definition) is 4. The van der Waals surface area contributed by atoms with Gasteiger partial charge in [0.2, 0.25) is 5.91 Å². The molecule has 6 heteroatoms. The Morgan fingerprint density at radius 1 is 1.17 bits per heavy atom. The first kappa shape index (κ1) is 15.3. The van der Waals surface area contributed by atoms with Gasteiger partial charge in [0.25, 0.3) is 0 Å². The molecule has 1 saturated carbocycles. The summed E-state index contributed by atoms with van der Waals surface area (Å²) < 4.78 is 0. The molecule has 1 N–H and O–H groups in total. The van der Waals surface area contributed by atoms with Gasteiger partial charge in [0, 0.05) is 22.5 Å². The molecule has 4 nitrogen and oxygen atoms in total. The minimum Gasteiger partial charge on any atom is -0.302 e. The molecule has 3 aromatic rings. The second-order valence-electron chi connectivity index (χ2n) is 5.71. The minimum atomic E-state index is -0.0351. The average Bonchev–Trinajstić information content (AvgIpc) is 3.27. The number of thiazole rings is 1. The van der Waals surface area contributed by atoms with Gasteiger partial charge < -0.3 is 5.32 Å². The van der Waals surface area contributed by atoms with E-state index in [4.69, 9.17) is 11.6 Å². The van der Waals surface area contributed by atoms with Gasteiger partial charge in [0.15, 0.2) is 5.13 Å². The van der Waals surface area contributed by atoms with Crippen molar-refractivity contribution in [2.24, 2.45) is 5.92 Å². The Balaban J connectivity index is 1.43. The Labute approximate surface area is 148 Å². The van der Waals surface area contributed by atoms with Gasteiger partial charge in [-0.25, -0.2) is 4.98 Å². The maximum absolute atomic E-state index is 12.4. The van der Waals surface area contributed by atoms with E-state index in [1.165, 1.54) is 11.3 Å². The van der Waals surface area contributed by atoms with Crippen LogP contribution in [-0.2, 0) is 4.79 Å². The topological polar surface area (TPSA) is 54.9 Å². The highest BCUT2D eigenvalue weighted by molar-refractivity contribution is 7.14. The average molecular weight is 356 g/mol. The van der Waals surface area contributed by atoms with Crippen LogP contribution < -0.4 is 5.32 Å². The quantitative estimate of drug-likeness (QED) is 0.744. The van der Waals surface area contributed by atoms with E-state index < -0.39 is 0 Å². The summed E-state index contributed by atoms with van der Waals surface area (Å²) in [5, 5.41) is 6.14. The monoisotopic (exact) mass is 355 g/mol. The molecule has 0 spiro atoms. The third kappa shape index (κ3) is 3.05. The first-order valence-corrected chi connectivity index (χ1v) is 8.90. The number of anilines is 1. The number of aromatic nitrogens is 2. The van der Waals surface area contributed by atoms with E-state index in [1.54, 1.807) is 6.20 Å². The van der Waals surface area contributed by atoms with Crippen LogP contribution in [0.25, 0.3) is 11.4 Å². The molecular formula is C18H14ClN3OS. The van der Waals surface area contributed by atoms with E-state index >= 15 is 0 Å². The lowest BCUT2D eigenvalue weighted by Gasteiger charge is -2.03. The molecule has 1 aliphatic carbocycles. The predicted molar refractivity (Wildman–Crippen MR) is 96.3 cm³/mol. The van der Waals surface area contributed by atoms with Crippen LogP contribution in [0, 0.1) is 5.92 Å². The van der Waals surface area contributed by atoms with Gasteiger partial charge in [-0.1, -0.05) is 35.9 Å². The zero-order valence-corrected chi connectivity index (χ0v) is 14.2. The molecule has 2 aromatic heterocycles. The second-order valence-corrected chi connectivity index (χ2v) is 6.98. The summed E-state index contributed by atoms with van der Waals surface area (Å²) in [6.07, 6.45) is 2.55. The summed E-state index contributed by atoms with van der Waals surface area (Å²) in [6, 6.07) is 13.4. The molecule has 2 heterocycles. The third-order valence-electron chi connectivity index (χ3n) is 4.09. The summed E-state index contributed by atoms with van der Waals surface area (Å²) >= 11 is 7.62. The van der Waals surface area contributed by atoms with Crippen molar-refractivity contribution >= 4 is 34.0 Å². The van der Waals surface area contributed by atoms with Gasteiger partial charge in [0.1, 0.15) is 5.69 Å². The zero-order chi connectivity index (χ0) is 16.5. The summed E-state index contributed by atoms with van der Waals surface area (Å²) in [7, 11) is 0. The number of rotatable bonds is 4. The largest absolute Gasteiger partial charge is 0.302 e. The highest BCUT2D eigenvalue weighted by Gasteiger charge is 2.45. The lowest BCUT2D eigenvalue weighted by Crippen LogP contribution is -2.14. The normalized spacial score (nSPS) is 19.0. The Bertz CT molecular complexity index is 881. The van der Waals surface area contributed by atoms with Crippen molar-refractivity contribution < 1.29 is 4.79 Å². The molecule has 120 valence electrons. The number of halogens is 1. The first-order valence-electron chi connectivity index (χ1n) is 7.64. The van der Waals surface area contributed by atoms with Crippen molar-refractivity contribution in [3.05, 3.63) is 64.6 Å². The van der Waals surface area contributed by atoms with Crippen molar-refractivity contribution in [2.45, 2.75) is 12.3 Å². The fourth-order valence-electron chi connectivity index (χ4n) is 2.77. The molecule has 0 aliphatic heterocycles. The Morgan fingerprint density at radius 2 is 2.00 bits per heavy atom. The zero-order valence-electron chi connectivity index (χ0n) is 12.6. The first-order chi connectivity index (χ1) is 11.7. The predicted octanol–water partition coefficient (Wildman–Crippen LogP) is 4.60. The van der Waals surface area contributed by atoms with Crippen molar-refractivity contribution in [2.75, 3.05) is 5.32 Å². The lowest BCUT2D eigenvalue weighted by molar-refractivity contribution is -0.117. The molecule has 1 aromatic carbocycles. The summed E-state index contributed by atoms with van der Waals surface area (Å²) in [5.41, 5.74) is 2.62.